The molecule has 0 bridgehead atoms. The number of likely N-dealkylation sites (tertiary alicyclic amines) is 1. The molecule has 1 heterocycles. The Kier molecular flexibility index (Phi) is 11.5. The van der Waals surface area contributed by atoms with Crippen molar-refractivity contribution in [1.29, 1.82) is 0 Å². The first-order chi connectivity index (χ1) is 20.4. The molecular weight excluding hydrogens is 564 g/mol. The second-order valence-corrected chi connectivity index (χ2v) is 14.9. The zero-order valence-electron chi connectivity index (χ0n) is 27.8. The molecule has 3 rings (SSSR count). The fourth-order valence-corrected chi connectivity index (χ4v) is 6.10. The van der Waals surface area contributed by atoms with Gasteiger partial charge in [-0.05, 0) is 60.7 Å². The number of Topliss-reactive ketones (excluding diaryl/α,β-unsaturated/α-hetero) is 1. The second kappa shape index (κ2) is 14.3. The summed E-state index contributed by atoms with van der Waals surface area (Å²) in [7, 11) is 1.74. The van der Waals surface area contributed by atoms with Crippen LogP contribution in [0.3, 0.4) is 0 Å². The Morgan fingerprint density at radius 2 is 1.48 bits per heavy atom. The molecule has 0 aromatic heterocycles. The van der Waals surface area contributed by atoms with Gasteiger partial charge in [0.15, 0.2) is 0 Å². The van der Waals surface area contributed by atoms with Gasteiger partial charge in [-0.25, -0.2) is 4.79 Å². The maximum absolute atomic E-state index is 14.2. The summed E-state index contributed by atoms with van der Waals surface area (Å²) >= 11 is 0. The van der Waals surface area contributed by atoms with Crippen LogP contribution in [0.4, 0.5) is 4.79 Å². The lowest BCUT2D eigenvalue weighted by molar-refractivity contribution is -0.144. The van der Waals surface area contributed by atoms with E-state index in [0.717, 1.165) is 25.7 Å². The Labute approximate surface area is 262 Å². The summed E-state index contributed by atoms with van der Waals surface area (Å²) in [6, 6.07) is -4.34. The molecule has 1 unspecified atom stereocenters. The summed E-state index contributed by atoms with van der Waals surface area (Å²) in [4.78, 5) is 82.0. The zero-order chi connectivity index (χ0) is 33.1. The van der Waals surface area contributed by atoms with Crippen LogP contribution in [0.25, 0.3) is 0 Å². The van der Waals surface area contributed by atoms with Crippen LogP contribution < -0.4 is 21.7 Å². The number of nitrogens with two attached hydrogens (primary N) is 1. The van der Waals surface area contributed by atoms with E-state index in [0.29, 0.717) is 31.8 Å². The van der Waals surface area contributed by atoms with E-state index in [-0.39, 0.29) is 29.6 Å². The number of ketones is 1. The normalized spacial score (nSPS) is 22.3. The molecule has 3 aliphatic rings. The zero-order valence-corrected chi connectivity index (χ0v) is 27.8. The van der Waals surface area contributed by atoms with Gasteiger partial charge in [-0.2, -0.15) is 0 Å². The highest BCUT2D eigenvalue weighted by Crippen LogP contribution is 2.36. The van der Waals surface area contributed by atoms with Crippen molar-refractivity contribution >= 4 is 35.4 Å². The van der Waals surface area contributed by atoms with Gasteiger partial charge < -0.3 is 31.5 Å². The van der Waals surface area contributed by atoms with Crippen LogP contribution in [-0.2, 0) is 24.0 Å². The van der Waals surface area contributed by atoms with E-state index in [1.165, 1.54) is 4.90 Å². The van der Waals surface area contributed by atoms with Crippen molar-refractivity contribution in [3.05, 3.63) is 0 Å². The van der Waals surface area contributed by atoms with E-state index >= 15 is 0 Å². The molecule has 1 saturated heterocycles. The summed E-state index contributed by atoms with van der Waals surface area (Å²) in [5.74, 6) is -2.62. The van der Waals surface area contributed by atoms with Gasteiger partial charge >= 0.3 is 6.03 Å². The topological polar surface area (TPSA) is 171 Å². The number of amides is 6. The smallest absolute Gasteiger partial charge is 0.316 e. The Balaban J connectivity index is 1.79. The van der Waals surface area contributed by atoms with Crippen molar-refractivity contribution in [2.45, 2.75) is 111 Å². The van der Waals surface area contributed by atoms with Gasteiger partial charge in [0.1, 0.15) is 18.1 Å². The summed E-state index contributed by atoms with van der Waals surface area (Å²) in [6.45, 7) is 14.1. The molecular formula is C32H54N6O6. The predicted molar refractivity (Wildman–Crippen MR) is 166 cm³/mol. The summed E-state index contributed by atoms with van der Waals surface area (Å²) in [5.41, 5.74) is 4.55. The van der Waals surface area contributed by atoms with Crippen molar-refractivity contribution in [3.8, 4) is 0 Å². The van der Waals surface area contributed by atoms with Crippen LogP contribution in [0, 0.1) is 35.0 Å². The summed E-state index contributed by atoms with van der Waals surface area (Å²) < 4.78 is 0. The van der Waals surface area contributed by atoms with Crippen molar-refractivity contribution in [2.75, 3.05) is 20.1 Å². The van der Waals surface area contributed by atoms with E-state index < -0.39 is 59.1 Å². The lowest BCUT2D eigenvalue weighted by Crippen LogP contribution is -2.62. The minimum Gasteiger partial charge on any atom is -0.363 e. The first-order valence-electron chi connectivity index (χ1n) is 16.2. The Bertz CT molecular complexity index is 1110. The van der Waals surface area contributed by atoms with Gasteiger partial charge in [0.25, 0.3) is 5.91 Å². The number of carbonyl (C=O) groups excluding carboxylic acids is 6. The molecule has 5 atom stereocenters. The highest BCUT2D eigenvalue weighted by Gasteiger charge is 2.48. The molecule has 1 aliphatic heterocycles. The Morgan fingerprint density at radius 3 is 1.95 bits per heavy atom. The molecule has 0 radical (unpaired) electrons. The predicted octanol–water partition coefficient (Wildman–Crippen LogP) is 1.81. The van der Waals surface area contributed by atoms with Crippen molar-refractivity contribution in [3.63, 3.8) is 0 Å². The van der Waals surface area contributed by atoms with Gasteiger partial charge in [-0.3, -0.25) is 24.0 Å². The van der Waals surface area contributed by atoms with E-state index in [1.54, 1.807) is 11.9 Å². The maximum Gasteiger partial charge on any atom is 0.316 e. The summed E-state index contributed by atoms with van der Waals surface area (Å²) in [6.07, 6.45) is 4.94. The molecule has 12 heteroatoms. The third kappa shape index (κ3) is 9.17. The van der Waals surface area contributed by atoms with E-state index in [9.17, 15) is 28.8 Å². The number of urea groups is 1. The number of likely N-dealkylation sites (N-methyl/N-ethyl adjacent to an activating group) is 1. The number of nitrogens with one attached hydrogen (secondary N) is 3. The molecule has 6 amide bonds. The van der Waals surface area contributed by atoms with Crippen LogP contribution >= 0.6 is 0 Å². The van der Waals surface area contributed by atoms with E-state index in [2.05, 4.69) is 16.0 Å². The molecule has 0 aromatic rings. The van der Waals surface area contributed by atoms with Crippen LogP contribution in [-0.4, -0.2) is 89.5 Å². The van der Waals surface area contributed by atoms with Crippen LogP contribution in [0.5, 0.6) is 0 Å². The van der Waals surface area contributed by atoms with Gasteiger partial charge in [0.2, 0.25) is 23.5 Å². The van der Waals surface area contributed by atoms with E-state index in [1.807, 2.05) is 48.5 Å². The van der Waals surface area contributed by atoms with Gasteiger partial charge in [0, 0.05) is 20.1 Å². The first-order valence-corrected chi connectivity index (χ1v) is 16.2. The van der Waals surface area contributed by atoms with Gasteiger partial charge in [-0.15, -0.1) is 0 Å². The quantitative estimate of drug-likeness (QED) is 0.216. The third-order valence-electron chi connectivity index (χ3n) is 9.21. The first kappa shape index (κ1) is 35.3. The lowest BCUT2D eigenvalue weighted by Gasteiger charge is -2.37. The minimum atomic E-state index is -1.10. The number of carbonyl (C=O) groups is 6. The van der Waals surface area contributed by atoms with E-state index in [4.69, 9.17) is 5.73 Å². The number of hydrogen-bond acceptors (Lipinski definition) is 6. The van der Waals surface area contributed by atoms with Crippen molar-refractivity contribution in [2.24, 2.45) is 40.7 Å². The number of rotatable bonds is 14. The highest BCUT2D eigenvalue weighted by molar-refractivity contribution is 6.37. The van der Waals surface area contributed by atoms with Gasteiger partial charge in [-0.1, -0.05) is 61.3 Å². The number of nitrogens with zero attached hydrogens (tertiary/aromatic N) is 2. The fraction of sp³-hybridized carbons (Fsp3) is 0.812. The minimum absolute atomic E-state index is 0.0482. The third-order valence-corrected chi connectivity index (χ3v) is 9.21. The molecule has 248 valence electrons. The van der Waals surface area contributed by atoms with Gasteiger partial charge in [0.05, 0.1) is 6.04 Å². The SMILES string of the molecule is CC(C)[C@H](NC(=O)N[C@H](C(=O)N1CC[C@H](C(C)C)[C@H]1C(=O)NC(CC1CC1)C(=O)C(N)=O)C(C)(C)C)C(=O)N(C)CC1CC1. The average Bonchev–Trinajstić information content (AvgIpc) is 3.86. The Hall–Kier alpha value is -3.18. The summed E-state index contributed by atoms with van der Waals surface area (Å²) in [5, 5.41) is 8.37. The number of hydrogen-bond donors (Lipinski definition) is 4. The molecule has 44 heavy (non-hydrogen) atoms. The monoisotopic (exact) mass is 618 g/mol. The molecule has 2 aliphatic carbocycles. The molecule has 3 fully saturated rings. The highest BCUT2D eigenvalue weighted by atomic mass is 16.2. The van der Waals surface area contributed by atoms with Crippen LogP contribution in [0.2, 0.25) is 0 Å². The largest absolute Gasteiger partial charge is 0.363 e. The molecule has 0 spiro atoms. The number of primary amides is 1. The molecule has 2 saturated carbocycles. The van der Waals surface area contributed by atoms with Crippen molar-refractivity contribution < 1.29 is 28.8 Å². The van der Waals surface area contributed by atoms with Crippen LogP contribution in [0.15, 0.2) is 0 Å². The average molecular weight is 619 g/mol. The van der Waals surface area contributed by atoms with Crippen molar-refractivity contribution in [1.82, 2.24) is 25.8 Å². The standard InChI is InChI=1S/C32H54N6O6/c1-17(2)21-13-14-38(24(21)28(41)34-22(15-19-9-10-19)25(39)27(33)40)30(43)26(32(5,6)7)36-31(44)35-23(18(3)4)29(42)37(8)16-20-11-12-20/h17-24,26H,9-16H2,1-8H3,(H2,33,40)(H,34,41)(H2,35,36,44)/t21-,22?,23+,24+,26-/m1/s1. The molecule has 0 aromatic carbocycles. The maximum atomic E-state index is 14.2. The lowest BCUT2D eigenvalue weighted by atomic mass is 9.84. The Morgan fingerprint density at radius 1 is 0.886 bits per heavy atom. The second-order valence-electron chi connectivity index (χ2n) is 14.9. The molecule has 12 nitrogen and oxygen atoms in total. The fourth-order valence-electron chi connectivity index (χ4n) is 6.10. The molecule has 5 N–H and O–H groups in total. The van der Waals surface area contributed by atoms with Crippen LogP contribution in [0.1, 0.15) is 87.0 Å².